The number of carbonyl (C=O) groups excluding carboxylic acids is 1. The van der Waals surface area contributed by atoms with Gasteiger partial charge >= 0.3 is 5.97 Å². The molecular formula is C12H18N2O3. The van der Waals surface area contributed by atoms with Crippen LogP contribution in [0.15, 0.2) is 4.52 Å². The molecule has 0 saturated heterocycles. The molecule has 1 heterocycles. The smallest absolute Gasteiger partial charge is 0.379 e. The van der Waals surface area contributed by atoms with Crippen LogP contribution in [0.2, 0.25) is 0 Å². The first-order chi connectivity index (χ1) is 7.82. The summed E-state index contributed by atoms with van der Waals surface area (Å²) in [6, 6.07) is 0. The Balaban J connectivity index is 2.19. The van der Waals surface area contributed by atoms with E-state index in [2.05, 4.69) is 37.8 Å². The molecule has 1 aliphatic rings. The van der Waals surface area contributed by atoms with Gasteiger partial charge in [-0.15, -0.1) is 0 Å². The van der Waals surface area contributed by atoms with Crippen molar-refractivity contribution in [3.63, 3.8) is 0 Å². The summed E-state index contributed by atoms with van der Waals surface area (Å²) in [5, 5.41) is 3.67. The van der Waals surface area contributed by atoms with Crippen molar-refractivity contribution in [1.29, 1.82) is 0 Å². The number of hydrogen-bond acceptors (Lipinski definition) is 5. The summed E-state index contributed by atoms with van der Waals surface area (Å²) < 4.78 is 9.99. The minimum Gasteiger partial charge on any atom is -0.460 e. The Bertz CT molecular complexity index is 434. The summed E-state index contributed by atoms with van der Waals surface area (Å²) in [6.45, 7) is 10.7. The summed E-state index contributed by atoms with van der Waals surface area (Å²) in [5.41, 5.74) is 0.233. The Morgan fingerprint density at radius 3 is 2.41 bits per heavy atom. The van der Waals surface area contributed by atoms with E-state index in [-0.39, 0.29) is 22.6 Å². The molecule has 1 aliphatic carbocycles. The van der Waals surface area contributed by atoms with E-state index in [9.17, 15) is 4.79 Å². The zero-order valence-electron chi connectivity index (χ0n) is 10.9. The third-order valence-electron chi connectivity index (χ3n) is 4.17. The molecule has 0 bridgehead atoms. The monoisotopic (exact) mass is 238 g/mol. The number of esters is 1. The van der Waals surface area contributed by atoms with Crippen LogP contribution in [0.3, 0.4) is 0 Å². The Labute approximate surface area is 101 Å². The van der Waals surface area contributed by atoms with Crippen molar-refractivity contribution >= 4 is 5.97 Å². The fourth-order valence-corrected chi connectivity index (χ4v) is 2.44. The van der Waals surface area contributed by atoms with Crippen molar-refractivity contribution < 1.29 is 14.1 Å². The Morgan fingerprint density at radius 2 is 1.94 bits per heavy atom. The quantitative estimate of drug-likeness (QED) is 0.756. The minimum absolute atomic E-state index is 0.0142. The predicted molar refractivity (Wildman–Crippen MR) is 60.6 cm³/mol. The molecule has 0 amide bonds. The molecular weight excluding hydrogens is 220 g/mol. The van der Waals surface area contributed by atoms with Gasteiger partial charge in [0.05, 0.1) is 6.61 Å². The Hall–Kier alpha value is -1.39. The van der Waals surface area contributed by atoms with E-state index in [4.69, 9.17) is 9.26 Å². The molecule has 5 nitrogen and oxygen atoms in total. The number of nitrogens with zero attached hydrogens (tertiary/aromatic N) is 2. The largest absolute Gasteiger partial charge is 0.460 e. The zero-order chi connectivity index (χ0) is 12.8. The maximum absolute atomic E-state index is 11.4. The SMILES string of the molecule is CCOC(=O)c1noc(C2C(C)(C)C2(C)C)n1. The fraction of sp³-hybridized carbons (Fsp3) is 0.750. The molecule has 0 radical (unpaired) electrons. The summed E-state index contributed by atoms with van der Waals surface area (Å²) in [5.74, 6) is 0.216. The Morgan fingerprint density at radius 1 is 1.35 bits per heavy atom. The summed E-state index contributed by atoms with van der Waals surface area (Å²) >= 11 is 0. The van der Waals surface area contributed by atoms with Gasteiger partial charge in [-0.3, -0.25) is 0 Å². The van der Waals surface area contributed by atoms with Gasteiger partial charge in [0.25, 0.3) is 5.82 Å². The van der Waals surface area contributed by atoms with Crippen LogP contribution in [0.25, 0.3) is 0 Å². The van der Waals surface area contributed by atoms with Crippen molar-refractivity contribution in [1.82, 2.24) is 10.1 Å². The number of aromatic nitrogens is 2. The number of rotatable bonds is 3. The highest BCUT2D eigenvalue weighted by Crippen LogP contribution is 2.73. The van der Waals surface area contributed by atoms with Crippen molar-refractivity contribution in [3.8, 4) is 0 Å². The van der Waals surface area contributed by atoms with Gasteiger partial charge in [-0.1, -0.05) is 27.7 Å². The number of ether oxygens (including phenoxy) is 1. The van der Waals surface area contributed by atoms with Crippen LogP contribution in [0, 0.1) is 10.8 Å². The van der Waals surface area contributed by atoms with E-state index in [0.717, 1.165) is 0 Å². The molecule has 0 aromatic carbocycles. The van der Waals surface area contributed by atoms with Crippen molar-refractivity contribution in [2.45, 2.75) is 40.5 Å². The van der Waals surface area contributed by atoms with Gasteiger partial charge in [-0.25, -0.2) is 4.79 Å². The topological polar surface area (TPSA) is 65.2 Å². The van der Waals surface area contributed by atoms with Gasteiger partial charge in [0, 0.05) is 5.92 Å². The maximum Gasteiger partial charge on any atom is 0.379 e. The molecule has 0 N–H and O–H groups in total. The first-order valence-corrected chi connectivity index (χ1v) is 5.83. The van der Waals surface area contributed by atoms with Crippen LogP contribution >= 0.6 is 0 Å². The predicted octanol–water partition coefficient (Wildman–Crippen LogP) is 2.40. The fourth-order valence-electron chi connectivity index (χ4n) is 2.44. The molecule has 0 unspecified atom stereocenters. The lowest BCUT2D eigenvalue weighted by molar-refractivity contribution is 0.0508. The van der Waals surface area contributed by atoms with Gasteiger partial charge in [0.1, 0.15) is 0 Å². The number of carbonyl (C=O) groups is 1. The van der Waals surface area contributed by atoms with Crippen LogP contribution in [0.4, 0.5) is 0 Å². The third kappa shape index (κ3) is 1.64. The lowest BCUT2D eigenvalue weighted by Crippen LogP contribution is -2.06. The highest BCUT2D eigenvalue weighted by Gasteiger charge is 2.68. The van der Waals surface area contributed by atoms with E-state index in [1.807, 2.05) is 0 Å². The van der Waals surface area contributed by atoms with Crippen LogP contribution in [-0.2, 0) is 4.74 Å². The van der Waals surface area contributed by atoms with E-state index < -0.39 is 5.97 Å². The van der Waals surface area contributed by atoms with Gasteiger partial charge in [-0.2, -0.15) is 4.98 Å². The maximum atomic E-state index is 11.4. The molecule has 1 fully saturated rings. The van der Waals surface area contributed by atoms with Gasteiger partial charge in [-0.05, 0) is 22.9 Å². The summed E-state index contributed by atoms with van der Waals surface area (Å²) in [7, 11) is 0. The van der Waals surface area contributed by atoms with Gasteiger partial charge in [0.15, 0.2) is 0 Å². The average Bonchev–Trinajstić information content (AvgIpc) is 2.59. The number of hydrogen-bond donors (Lipinski definition) is 0. The molecule has 0 aliphatic heterocycles. The standard InChI is InChI=1S/C12H18N2O3/c1-6-16-10(15)8-13-9(17-14-8)7-11(2,3)12(7,4)5/h7H,6H2,1-5H3. The van der Waals surface area contributed by atoms with E-state index in [0.29, 0.717) is 12.5 Å². The van der Waals surface area contributed by atoms with E-state index in [1.54, 1.807) is 6.92 Å². The average molecular weight is 238 g/mol. The zero-order valence-corrected chi connectivity index (χ0v) is 10.9. The highest BCUT2D eigenvalue weighted by atomic mass is 16.5. The minimum atomic E-state index is -0.529. The van der Waals surface area contributed by atoms with Crippen LogP contribution in [-0.4, -0.2) is 22.7 Å². The molecule has 17 heavy (non-hydrogen) atoms. The first-order valence-electron chi connectivity index (χ1n) is 5.83. The normalized spacial score (nSPS) is 21.2. The van der Waals surface area contributed by atoms with E-state index in [1.165, 1.54) is 0 Å². The second-order valence-corrected chi connectivity index (χ2v) is 5.55. The molecule has 1 aromatic heterocycles. The molecule has 5 heteroatoms. The van der Waals surface area contributed by atoms with Crippen LogP contribution < -0.4 is 0 Å². The van der Waals surface area contributed by atoms with Crippen LogP contribution in [0.5, 0.6) is 0 Å². The van der Waals surface area contributed by atoms with E-state index >= 15 is 0 Å². The van der Waals surface area contributed by atoms with Crippen molar-refractivity contribution in [3.05, 3.63) is 11.7 Å². The Kier molecular flexibility index (Phi) is 2.52. The summed E-state index contributed by atoms with van der Waals surface area (Å²) in [4.78, 5) is 15.5. The summed E-state index contributed by atoms with van der Waals surface area (Å²) in [6.07, 6.45) is 0. The molecule has 94 valence electrons. The second kappa shape index (κ2) is 3.55. The van der Waals surface area contributed by atoms with Crippen LogP contribution in [0.1, 0.15) is 57.0 Å². The highest BCUT2D eigenvalue weighted by molar-refractivity contribution is 5.84. The molecule has 0 atom stereocenters. The third-order valence-corrected chi connectivity index (χ3v) is 4.17. The molecule has 2 rings (SSSR count). The van der Waals surface area contributed by atoms with Gasteiger partial charge in [0.2, 0.25) is 5.89 Å². The molecule has 1 saturated carbocycles. The molecule has 1 aromatic rings. The second-order valence-electron chi connectivity index (χ2n) is 5.55. The van der Waals surface area contributed by atoms with Crippen molar-refractivity contribution in [2.24, 2.45) is 10.8 Å². The van der Waals surface area contributed by atoms with Crippen molar-refractivity contribution in [2.75, 3.05) is 6.61 Å². The molecule has 0 spiro atoms. The lowest BCUT2D eigenvalue weighted by Gasteiger charge is -2.03. The lowest BCUT2D eigenvalue weighted by atomic mass is 10.0. The first kappa shape index (κ1) is 12.1. The van der Waals surface area contributed by atoms with Gasteiger partial charge < -0.3 is 9.26 Å².